The summed E-state index contributed by atoms with van der Waals surface area (Å²) in [5.41, 5.74) is 6.23. The third-order valence-electron chi connectivity index (χ3n) is 2.24. The number of hydrogen-bond acceptors (Lipinski definition) is 3. The van der Waals surface area contributed by atoms with Crippen LogP contribution in [0.1, 0.15) is 12.5 Å². The first-order chi connectivity index (χ1) is 8.22. The van der Waals surface area contributed by atoms with E-state index >= 15 is 0 Å². The van der Waals surface area contributed by atoms with E-state index < -0.39 is 11.9 Å². The van der Waals surface area contributed by atoms with Crippen LogP contribution in [0.4, 0.5) is 13.2 Å². The molecule has 0 aliphatic rings. The van der Waals surface area contributed by atoms with Crippen LogP contribution in [0.15, 0.2) is 24.3 Å². The molecule has 102 valence electrons. The summed E-state index contributed by atoms with van der Waals surface area (Å²) in [4.78, 5) is 0. The second-order valence-electron chi connectivity index (χ2n) is 4.46. The molecule has 2 N–H and O–H groups in total. The minimum Gasteiger partial charge on any atom is -0.406 e. The van der Waals surface area contributed by atoms with Crippen molar-refractivity contribution in [3.8, 4) is 5.75 Å². The van der Waals surface area contributed by atoms with Crippen LogP contribution >= 0.6 is 0 Å². The quantitative estimate of drug-likeness (QED) is 0.887. The molecule has 6 heteroatoms. The predicted octanol–water partition coefficient (Wildman–Crippen LogP) is 2.49. The highest BCUT2D eigenvalue weighted by molar-refractivity contribution is 5.28. The van der Waals surface area contributed by atoms with Gasteiger partial charge >= 0.3 is 6.36 Å². The molecule has 1 rings (SSSR count). The van der Waals surface area contributed by atoms with Gasteiger partial charge in [0.25, 0.3) is 0 Å². The average molecular weight is 263 g/mol. The van der Waals surface area contributed by atoms with Crippen molar-refractivity contribution in [1.29, 1.82) is 0 Å². The molecule has 0 saturated heterocycles. The molecule has 3 nitrogen and oxygen atoms in total. The minimum absolute atomic E-state index is 0.239. The van der Waals surface area contributed by atoms with E-state index in [-0.39, 0.29) is 5.75 Å². The highest BCUT2D eigenvalue weighted by Crippen LogP contribution is 2.23. The number of benzene rings is 1. The Morgan fingerprint density at radius 1 is 1.17 bits per heavy atom. The largest absolute Gasteiger partial charge is 0.573 e. The molecule has 0 spiro atoms. The zero-order valence-electron chi connectivity index (χ0n) is 10.3. The third-order valence-corrected chi connectivity index (χ3v) is 2.24. The molecular formula is C12H16F3NO2. The lowest BCUT2D eigenvalue weighted by Crippen LogP contribution is -2.43. The second kappa shape index (κ2) is 5.58. The van der Waals surface area contributed by atoms with Crippen LogP contribution in [0, 0.1) is 0 Å². The van der Waals surface area contributed by atoms with Crippen LogP contribution < -0.4 is 10.5 Å². The molecule has 0 amide bonds. The fraction of sp³-hybridized carbons (Fsp3) is 0.500. The van der Waals surface area contributed by atoms with Gasteiger partial charge in [0.15, 0.2) is 0 Å². The SMILES string of the molecule is COCC(C)(N)Cc1ccc(OC(F)(F)F)cc1. The maximum absolute atomic E-state index is 12.0. The molecule has 0 aromatic heterocycles. The van der Waals surface area contributed by atoms with E-state index in [2.05, 4.69) is 4.74 Å². The molecule has 0 aliphatic carbocycles. The standard InChI is InChI=1S/C12H16F3NO2/c1-11(16,8-17-2)7-9-3-5-10(6-4-9)18-12(13,14)15/h3-6H,7-8,16H2,1-2H3. The lowest BCUT2D eigenvalue weighted by atomic mass is 9.95. The van der Waals surface area contributed by atoms with Crippen molar-refractivity contribution in [3.05, 3.63) is 29.8 Å². The fourth-order valence-corrected chi connectivity index (χ4v) is 1.66. The van der Waals surface area contributed by atoms with Crippen molar-refractivity contribution in [2.45, 2.75) is 25.2 Å². The molecule has 1 aromatic carbocycles. The van der Waals surface area contributed by atoms with E-state index in [1.807, 2.05) is 6.92 Å². The van der Waals surface area contributed by atoms with Crippen LogP contribution in [-0.4, -0.2) is 25.6 Å². The zero-order chi connectivity index (χ0) is 13.8. The Hall–Kier alpha value is -1.27. The normalized spacial score (nSPS) is 15.2. The first-order valence-corrected chi connectivity index (χ1v) is 5.34. The smallest absolute Gasteiger partial charge is 0.406 e. The van der Waals surface area contributed by atoms with E-state index in [9.17, 15) is 13.2 Å². The molecule has 1 atom stereocenters. The van der Waals surface area contributed by atoms with Gasteiger partial charge < -0.3 is 15.2 Å². The van der Waals surface area contributed by atoms with Crippen molar-refractivity contribution in [2.75, 3.05) is 13.7 Å². The van der Waals surface area contributed by atoms with Crippen LogP contribution in [0.2, 0.25) is 0 Å². The van der Waals surface area contributed by atoms with Crippen molar-refractivity contribution in [2.24, 2.45) is 5.73 Å². The molecule has 0 aliphatic heterocycles. The minimum atomic E-state index is -4.67. The van der Waals surface area contributed by atoms with Crippen molar-refractivity contribution < 1.29 is 22.6 Å². The van der Waals surface area contributed by atoms with Gasteiger partial charge in [0.2, 0.25) is 0 Å². The Labute approximate surface area is 104 Å². The molecule has 0 heterocycles. The lowest BCUT2D eigenvalue weighted by Gasteiger charge is -2.23. The van der Waals surface area contributed by atoms with Gasteiger partial charge in [0.1, 0.15) is 5.75 Å². The molecule has 18 heavy (non-hydrogen) atoms. The van der Waals surface area contributed by atoms with Crippen LogP contribution in [0.5, 0.6) is 5.75 Å². The highest BCUT2D eigenvalue weighted by Gasteiger charge is 2.31. The molecule has 1 aromatic rings. The van der Waals surface area contributed by atoms with E-state index in [1.54, 1.807) is 19.2 Å². The number of halogens is 3. The zero-order valence-corrected chi connectivity index (χ0v) is 10.3. The summed E-state index contributed by atoms with van der Waals surface area (Å²) in [7, 11) is 1.55. The summed E-state index contributed by atoms with van der Waals surface area (Å²) < 4.78 is 44.6. The third kappa shape index (κ3) is 5.37. The predicted molar refractivity (Wildman–Crippen MR) is 61.3 cm³/mol. The first-order valence-electron chi connectivity index (χ1n) is 5.34. The van der Waals surface area contributed by atoms with Crippen molar-refractivity contribution in [3.63, 3.8) is 0 Å². The summed E-state index contributed by atoms with van der Waals surface area (Å²) in [6.07, 6.45) is -4.16. The number of methoxy groups -OCH3 is 1. The average Bonchev–Trinajstić information content (AvgIpc) is 2.18. The monoisotopic (exact) mass is 263 g/mol. The van der Waals surface area contributed by atoms with Crippen LogP contribution in [-0.2, 0) is 11.2 Å². The van der Waals surface area contributed by atoms with Gasteiger partial charge in [-0.25, -0.2) is 0 Å². The van der Waals surface area contributed by atoms with E-state index in [1.165, 1.54) is 12.1 Å². The molecule has 0 saturated carbocycles. The Balaban J connectivity index is 2.66. The van der Waals surface area contributed by atoms with Gasteiger partial charge in [0.05, 0.1) is 6.61 Å². The van der Waals surface area contributed by atoms with Gasteiger partial charge in [0, 0.05) is 12.6 Å². The van der Waals surface area contributed by atoms with E-state index in [0.717, 1.165) is 5.56 Å². The van der Waals surface area contributed by atoms with Crippen LogP contribution in [0.3, 0.4) is 0 Å². The number of ether oxygens (including phenoxy) is 2. The maximum Gasteiger partial charge on any atom is 0.573 e. The highest BCUT2D eigenvalue weighted by atomic mass is 19.4. The second-order valence-corrected chi connectivity index (χ2v) is 4.46. The Bertz CT molecular complexity index is 374. The number of alkyl halides is 3. The summed E-state index contributed by atoms with van der Waals surface area (Å²) in [5, 5.41) is 0. The number of hydrogen-bond donors (Lipinski definition) is 1. The Kier molecular flexibility index (Phi) is 4.59. The van der Waals surface area contributed by atoms with Crippen LogP contribution in [0.25, 0.3) is 0 Å². The maximum atomic E-state index is 12.0. The molecule has 0 radical (unpaired) electrons. The van der Waals surface area contributed by atoms with Gasteiger partial charge in [-0.1, -0.05) is 12.1 Å². The fourth-order valence-electron chi connectivity index (χ4n) is 1.66. The summed E-state index contributed by atoms with van der Waals surface area (Å²) >= 11 is 0. The number of nitrogens with two attached hydrogens (primary N) is 1. The van der Waals surface area contributed by atoms with Gasteiger partial charge in [-0.2, -0.15) is 0 Å². The van der Waals surface area contributed by atoms with Gasteiger partial charge in [-0.15, -0.1) is 13.2 Å². The molecule has 0 bridgehead atoms. The van der Waals surface area contributed by atoms with Crippen molar-refractivity contribution in [1.82, 2.24) is 0 Å². The summed E-state index contributed by atoms with van der Waals surface area (Å²) in [6.45, 7) is 2.18. The topological polar surface area (TPSA) is 44.5 Å². The lowest BCUT2D eigenvalue weighted by molar-refractivity contribution is -0.274. The Morgan fingerprint density at radius 2 is 1.72 bits per heavy atom. The Morgan fingerprint density at radius 3 is 2.17 bits per heavy atom. The molecule has 1 unspecified atom stereocenters. The summed E-state index contributed by atoms with van der Waals surface area (Å²) in [6, 6.07) is 5.65. The van der Waals surface area contributed by atoms with E-state index in [4.69, 9.17) is 10.5 Å². The first kappa shape index (κ1) is 14.8. The summed E-state index contributed by atoms with van der Waals surface area (Å²) in [5.74, 6) is -0.239. The van der Waals surface area contributed by atoms with E-state index in [0.29, 0.717) is 13.0 Å². The number of rotatable bonds is 5. The van der Waals surface area contributed by atoms with Gasteiger partial charge in [-0.3, -0.25) is 0 Å². The molecular weight excluding hydrogens is 247 g/mol. The van der Waals surface area contributed by atoms with Gasteiger partial charge in [-0.05, 0) is 31.0 Å². The molecule has 0 fully saturated rings. The van der Waals surface area contributed by atoms with Crippen molar-refractivity contribution >= 4 is 0 Å².